The summed E-state index contributed by atoms with van der Waals surface area (Å²) in [7, 11) is 0. The van der Waals surface area contributed by atoms with Crippen molar-refractivity contribution in [3.05, 3.63) is 35.9 Å². The average Bonchev–Trinajstić information content (AvgIpc) is 2.43. The second-order valence-corrected chi connectivity index (χ2v) is 5.49. The van der Waals surface area contributed by atoms with E-state index in [0.717, 1.165) is 12.8 Å². The molecule has 0 spiro atoms. The van der Waals surface area contributed by atoms with Crippen LogP contribution in [0.15, 0.2) is 30.3 Å². The molecular weight excluding hydrogens is 252 g/mol. The van der Waals surface area contributed by atoms with Crippen LogP contribution in [0.3, 0.4) is 0 Å². The van der Waals surface area contributed by atoms with Crippen LogP contribution in [0.2, 0.25) is 0 Å². The van der Waals surface area contributed by atoms with Crippen LogP contribution in [0.25, 0.3) is 0 Å². The van der Waals surface area contributed by atoms with Gasteiger partial charge in [-0.15, -0.1) is 0 Å². The molecule has 110 valence electrons. The van der Waals surface area contributed by atoms with E-state index < -0.39 is 0 Å². The first-order valence-corrected chi connectivity index (χ1v) is 7.11. The van der Waals surface area contributed by atoms with Crippen molar-refractivity contribution in [2.45, 2.75) is 39.7 Å². The Labute approximate surface area is 121 Å². The molecule has 0 aliphatic carbocycles. The van der Waals surface area contributed by atoms with Gasteiger partial charge in [-0.05, 0) is 37.8 Å². The van der Waals surface area contributed by atoms with Gasteiger partial charge in [0.15, 0.2) is 0 Å². The SMILES string of the molecule is CC(C)CCC(C)NC(=O)CNC(=O)c1ccccc1. The molecule has 4 nitrogen and oxygen atoms in total. The number of benzene rings is 1. The van der Waals surface area contributed by atoms with Gasteiger partial charge in [-0.25, -0.2) is 0 Å². The van der Waals surface area contributed by atoms with Crippen LogP contribution in [0.4, 0.5) is 0 Å². The summed E-state index contributed by atoms with van der Waals surface area (Å²) in [5.74, 6) is 0.258. The normalized spacial score (nSPS) is 12.0. The van der Waals surface area contributed by atoms with Gasteiger partial charge in [0.2, 0.25) is 5.91 Å². The van der Waals surface area contributed by atoms with Crippen molar-refractivity contribution in [1.29, 1.82) is 0 Å². The standard InChI is InChI=1S/C16H24N2O2/c1-12(2)9-10-13(3)18-15(19)11-17-16(20)14-7-5-4-6-8-14/h4-8,12-13H,9-11H2,1-3H3,(H,17,20)(H,18,19). The summed E-state index contributed by atoms with van der Waals surface area (Å²) >= 11 is 0. The maximum atomic E-state index is 11.8. The summed E-state index contributed by atoms with van der Waals surface area (Å²) in [5.41, 5.74) is 0.563. The lowest BCUT2D eigenvalue weighted by molar-refractivity contribution is -0.120. The average molecular weight is 276 g/mol. The lowest BCUT2D eigenvalue weighted by atomic mass is 10.0. The third kappa shape index (κ3) is 6.36. The Morgan fingerprint density at radius 1 is 1.05 bits per heavy atom. The number of hydrogen-bond acceptors (Lipinski definition) is 2. The number of amides is 2. The number of hydrogen-bond donors (Lipinski definition) is 2. The smallest absolute Gasteiger partial charge is 0.251 e. The van der Waals surface area contributed by atoms with Gasteiger partial charge in [-0.1, -0.05) is 32.0 Å². The summed E-state index contributed by atoms with van der Waals surface area (Å²) in [4.78, 5) is 23.5. The van der Waals surface area contributed by atoms with Crippen molar-refractivity contribution in [2.75, 3.05) is 6.54 Å². The fourth-order valence-corrected chi connectivity index (χ4v) is 1.83. The maximum Gasteiger partial charge on any atom is 0.251 e. The topological polar surface area (TPSA) is 58.2 Å². The van der Waals surface area contributed by atoms with Crippen LogP contribution >= 0.6 is 0 Å². The largest absolute Gasteiger partial charge is 0.352 e. The lowest BCUT2D eigenvalue weighted by Crippen LogP contribution is -2.40. The van der Waals surface area contributed by atoms with E-state index in [1.54, 1.807) is 24.3 Å². The van der Waals surface area contributed by atoms with Gasteiger partial charge in [-0.3, -0.25) is 9.59 Å². The second-order valence-electron chi connectivity index (χ2n) is 5.49. The predicted molar refractivity (Wildman–Crippen MR) is 80.5 cm³/mol. The molecule has 0 aliphatic rings. The highest BCUT2D eigenvalue weighted by atomic mass is 16.2. The zero-order valence-electron chi connectivity index (χ0n) is 12.5. The quantitative estimate of drug-likeness (QED) is 0.803. The van der Waals surface area contributed by atoms with Crippen molar-refractivity contribution in [1.82, 2.24) is 10.6 Å². The molecular formula is C16H24N2O2. The molecule has 0 aliphatic heterocycles. The molecule has 20 heavy (non-hydrogen) atoms. The van der Waals surface area contributed by atoms with Crippen molar-refractivity contribution in [3.63, 3.8) is 0 Å². The Bertz CT molecular complexity index is 429. The van der Waals surface area contributed by atoms with E-state index in [2.05, 4.69) is 24.5 Å². The molecule has 1 rings (SSSR count). The maximum absolute atomic E-state index is 11.8. The third-order valence-corrected chi connectivity index (χ3v) is 3.03. The van der Waals surface area contributed by atoms with Crippen molar-refractivity contribution < 1.29 is 9.59 Å². The summed E-state index contributed by atoms with van der Waals surface area (Å²) < 4.78 is 0. The van der Waals surface area contributed by atoms with Gasteiger partial charge in [0.25, 0.3) is 5.91 Å². The van der Waals surface area contributed by atoms with Crippen LogP contribution < -0.4 is 10.6 Å². The second kappa shape index (κ2) is 8.35. The third-order valence-electron chi connectivity index (χ3n) is 3.03. The molecule has 0 aromatic heterocycles. The van der Waals surface area contributed by atoms with Crippen molar-refractivity contribution >= 4 is 11.8 Å². The number of nitrogens with one attached hydrogen (secondary N) is 2. The van der Waals surface area contributed by atoms with E-state index in [1.165, 1.54) is 0 Å². The number of carbonyl (C=O) groups excluding carboxylic acids is 2. The molecule has 1 unspecified atom stereocenters. The summed E-state index contributed by atoms with van der Waals surface area (Å²) in [5, 5.41) is 5.51. The van der Waals surface area contributed by atoms with Crippen LogP contribution in [-0.4, -0.2) is 24.4 Å². The van der Waals surface area contributed by atoms with Gasteiger partial charge < -0.3 is 10.6 Å². The first-order valence-electron chi connectivity index (χ1n) is 7.11. The van der Waals surface area contributed by atoms with Crippen molar-refractivity contribution in [2.24, 2.45) is 5.92 Å². The van der Waals surface area contributed by atoms with Crippen molar-refractivity contribution in [3.8, 4) is 0 Å². The van der Waals surface area contributed by atoms with Crippen LogP contribution in [0.5, 0.6) is 0 Å². The van der Waals surface area contributed by atoms with Gasteiger partial charge in [0.05, 0.1) is 6.54 Å². The Hall–Kier alpha value is -1.84. The molecule has 0 saturated carbocycles. The van der Waals surface area contributed by atoms with E-state index in [9.17, 15) is 9.59 Å². The zero-order valence-corrected chi connectivity index (χ0v) is 12.5. The Morgan fingerprint density at radius 3 is 2.30 bits per heavy atom. The van der Waals surface area contributed by atoms with E-state index >= 15 is 0 Å². The van der Waals surface area contributed by atoms with Crippen LogP contribution in [0.1, 0.15) is 44.0 Å². The predicted octanol–water partition coefficient (Wildman–Crippen LogP) is 2.36. The van der Waals surface area contributed by atoms with Crippen LogP contribution in [-0.2, 0) is 4.79 Å². The summed E-state index contributed by atoms with van der Waals surface area (Å²) in [6.07, 6.45) is 2.04. The Balaban J connectivity index is 2.28. The molecule has 2 N–H and O–H groups in total. The summed E-state index contributed by atoms with van der Waals surface area (Å²) in [6, 6.07) is 9.02. The minimum atomic E-state index is -0.226. The molecule has 2 amide bonds. The molecule has 0 saturated heterocycles. The number of carbonyl (C=O) groups is 2. The highest BCUT2D eigenvalue weighted by molar-refractivity contribution is 5.96. The Morgan fingerprint density at radius 2 is 1.70 bits per heavy atom. The van der Waals surface area contributed by atoms with Gasteiger partial charge in [-0.2, -0.15) is 0 Å². The summed E-state index contributed by atoms with van der Waals surface area (Å²) in [6.45, 7) is 6.32. The molecule has 1 atom stereocenters. The molecule has 0 radical (unpaired) electrons. The van der Waals surface area contributed by atoms with E-state index in [0.29, 0.717) is 11.5 Å². The Kier molecular flexibility index (Phi) is 6.77. The number of rotatable bonds is 7. The lowest BCUT2D eigenvalue weighted by Gasteiger charge is -2.15. The minimum absolute atomic E-state index is 0.0136. The fourth-order valence-electron chi connectivity index (χ4n) is 1.83. The van der Waals surface area contributed by atoms with Gasteiger partial charge >= 0.3 is 0 Å². The molecule has 0 fully saturated rings. The molecule has 0 bridgehead atoms. The highest BCUT2D eigenvalue weighted by Crippen LogP contribution is 2.06. The molecule has 4 heteroatoms. The van der Waals surface area contributed by atoms with Gasteiger partial charge in [0, 0.05) is 11.6 Å². The minimum Gasteiger partial charge on any atom is -0.352 e. The fraction of sp³-hybridized carbons (Fsp3) is 0.500. The first kappa shape index (κ1) is 16.2. The molecule has 1 aromatic rings. The van der Waals surface area contributed by atoms with Gasteiger partial charge in [0.1, 0.15) is 0 Å². The molecule has 0 heterocycles. The monoisotopic (exact) mass is 276 g/mol. The van der Waals surface area contributed by atoms with E-state index in [1.807, 2.05) is 13.0 Å². The highest BCUT2D eigenvalue weighted by Gasteiger charge is 2.10. The molecule has 1 aromatic carbocycles. The first-order chi connectivity index (χ1) is 9.49. The van der Waals surface area contributed by atoms with E-state index in [4.69, 9.17) is 0 Å². The van der Waals surface area contributed by atoms with E-state index in [-0.39, 0.29) is 24.4 Å². The van der Waals surface area contributed by atoms with Crippen LogP contribution in [0, 0.1) is 5.92 Å². The zero-order chi connectivity index (χ0) is 15.0.